The SMILES string of the molecule is C[C@@H]1CCCC[C@@H]1NC(=O)[C@@H](Cc1ccccc1)NS(=O)(=O)c1ccc2c(c1)oc(=O)n2C. The lowest BCUT2D eigenvalue weighted by molar-refractivity contribution is -0.124. The second-order valence-corrected chi connectivity index (χ2v) is 10.5. The topological polar surface area (TPSA) is 110 Å². The number of amides is 1. The average Bonchev–Trinajstić information content (AvgIpc) is 3.08. The first-order chi connectivity index (χ1) is 15.7. The first-order valence-electron chi connectivity index (χ1n) is 11.2. The van der Waals surface area contributed by atoms with E-state index in [0.717, 1.165) is 31.2 Å². The van der Waals surface area contributed by atoms with Crippen LogP contribution in [0.5, 0.6) is 0 Å². The second kappa shape index (κ2) is 9.52. The number of hydrogen-bond acceptors (Lipinski definition) is 5. The molecule has 2 aromatic carbocycles. The third-order valence-electron chi connectivity index (χ3n) is 6.41. The third kappa shape index (κ3) is 5.20. The molecule has 3 aromatic rings. The number of hydrogen-bond donors (Lipinski definition) is 2. The summed E-state index contributed by atoms with van der Waals surface area (Å²) in [5.74, 6) is -0.566. The Morgan fingerprint density at radius 2 is 1.88 bits per heavy atom. The van der Waals surface area contributed by atoms with E-state index in [1.165, 1.54) is 22.8 Å². The predicted octanol–water partition coefficient (Wildman–Crippen LogP) is 2.72. The van der Waals surface area contributed by atoms with Crippen molar-refractivity contribution in [3.05, 3.63) is 64.6 Å². The molecule has 0 unspecified atom stereocenters. The number of sulfonamides is 1. The van der Waals surface area contributed by atoms with Crippen molar-refractivity contribution in [3.63, 3.8) is 0 Å². The molecule has 1 aliphatic carbocycles. The van der Waals surface area contributed by atoms with Gasteiger partial charge in [-0.3, -0.25) is 9.36 Å². The van der Waals surface area contributed by atoms with Crippen LogP contribution in [0, 0.1) is 5.92 Å². The number of rotatable bonds is 7. The van der Waals surface area contributed by atoms with Gasteiger partial charge in [0.2, 0.25) is 15.9 Å². The largest absolute Gasteiger partial charge is 0.419 e. The molecule has 0 radical (unpaired) electrons. The van der Waals surface area contributed by atoms with Crippen LogP contribution >= 0.6 is 0 Å². The number of aryl methyl sites for hydroxylation is 1. The van der Waals surface area contributed by atoms with Crippen molar-refractivity contribution < 1.29 is 17.6 Å². The molecule has 0 bridgehead atoms. The predicted molar refractivity (Wildman–Crippen MR) is 125 cm³/mol. The maximum atomic E-state index is 13.2. The molecule has 0 spiro atoms. The number of nitrogens with zero attached hydrogens (tertiary/aromatic N) is 1. The monoisotopic (exact) mass is 471 g/mol. The molecular weight excluding hydrogens is 442 g/mol. The summed E-state index contributed by atoms with van der Waals surface area (Å²) in [6, 6.07) is 12.6. The summed E-state index contributed by atoms with van der Waals surface area (Å²) < 4.78 is 35.4. The lowest BCUT2D eigenvalue weighted by Crippen LogP contribution is -2.52. The van der Waals surface area contributed by atoms with Gasteiger partial charge in [0.05, 0.1) is 10.4 Å². The molecule has 1 amide bonds. The molecule has 3 atom stereocenters. The zero-order valence-corrected chi connectivity index (χ0v) is 19.6. The molecule has 0 saturated heterocycles. The highest BCUT2D eigenvalue weighted by Crippen LogP contribution is 2.24. The second-order valence-electron chi connectivity index (χ2n) is 8.80. The van der Waals surface area contributed by atoms with Gasteiger partial charge in [-0.05, 0) is 42.9 Å². The van der Waals surface area contributed by atoms with Gasteiger partial charge in [-0.15, -0.1) is 0 Å². The minimum absolute atomic E-state index is 0.0315. The van der Waals surface area contributed by atoms with Gasteiger partial charge < -0.3 is 9.73 Å². The van der Waals surface area contributed by atoms with Crippen LogP contribution in [0.4, 0.5) is 0 Å². The Bertz CT molecular complexity index is 1300. The van der Waals surface area contributed by atoms with Gasteiger partial charge in [0, 0.05) is 19.2 Å². The van der Waals surface area contributed by atoms with Crippen LogP contribution in [0.3, 0.4) is 0 Å². The summed E-state index contributed by atoms with van der Waals surface area (Å²) in [5, 5.41) is 3.07. The highest BCUT2D eigenvalue weighted by atomic mass is 32.2. The molecule has 1 fully saturated rings. The van der Waals surface area contributed by atoms with Crippen LogP contribution < -0.4 is 15.8 Å². The van der Waals surface area contributed by atoms with E-state index < -0.39 is 21.8 Å². The molecule has 4 rings (SSSR count). The molecule has 1 heterocycles. The smallest absolute Gasteiger partial charge is 0.408 e. The molecule has 1 aliphatic rings. The zero-order valence-electron chi connectivity index (χ0n) is 18.8. The lowest BCUT2D eigenvalue weighted by atomic mass is 9.86. The fourth-order valence-corrected chi connectivity index (χ4v) is 5.60. The summed E-state index contributed by atoms with van der Waals surface area (Å²) in [4.78, 5) is 24.9. The van der Waals surface area contributed by atoms with Gasteiger partial charge in [-0.1, -0.05) is 50.1 Å². The maximum absolute atomic E-state index is 13.2. The van der Waals surface area contributed by atoms with E-state index in [-0.39, 0.29) is 28.8 Å². The summed E-state index contributed by atoms with van der Waals surface area (Å²) in [5.41, 5.74) is 1.51. The van der Waals surface area contributed by atoms with Crippen molar-refractivity contribution in [1.29, 1.82) is 0 Å². The summed E-state index contributed by atoms with van der Waals surface area (Å²) >= 11 is 0. The van der Waals surface area contributed by atoms with Gasteiger partial charge in [0.1, 0.15) is 6.04 Å². The van der Waals surface area contributed by atoms with Crippen molar-refractivity contribution in [1.82, 2.24) is 14.6 Å². The number of carbonyl (C=O) groups excluding carboxylic acids is 1. The van der Waals surface area contributed by atoms with Crippen molar-refractivity contribution in [3.8, 4) is 0 Å². The Hall–Kier alpha value is -2.91. The number of nitrogens with one attached hydrogen (secondary N) is 2. The molecule has 9 heteroatoms. The maximum Gasteiger partial charge on any atom is 0.419 e. The van der Waals surface area contributed by atoms with Crippen LogP contribution in [0.1, 0.15) is 38.2 Å². The standard InChI is InChI=1S/C24H29N3O5S/c1-16-8-6-7-11-19(16)25-23(28)20(14-17-9-4-3-5-10-17)26-33(30,31)18-12-13-21-22(15-18)32-24(29)27(21)2/h3-5,9-10,12-13,15-16,19-20,26H,6-8,11,14H2,1-2H3,(H,25,28)/t16-,19+,20-/m1/s1. The van der Waals surface area contributed by atoms with Crippen molar-refractivity contribution in [2.75, 3.05) is 0 Å². The highest BCUT2D eigenvalue weighted by molar-refractivity contribution is 7.89. The van der Waals surface area contributed by atoms with Crippen LogP contribution in [0.15, 0.2) is 62.6 Å². The zero-order chi connectivity index (χ0) is 23.6. The van der Waals surface area contributed by atoms with Gasteiger partial charge in [0.25, 0.3) is 0 Å². The number of aromatic nitrogens is 1. The Labute approximate surface area is 193 Å². The molecule has 1 aromatic heterocycles. The Morgan fingerprint density at radius 1 is 1.15 bits per heavy atom. The van der Waals surface area contributed by atoms with Crippen molar-refractivity contribution >= 4 is 27.0 Å². The van der Waals surface area contributed by atoms with Crippen LogP contribution in [-0.2, 0) is 28.3 Å². The van der Waals surface area contributed by atoms with E-state index in [9.17, 15) is 18.0 Å². The van der Waals surface area contributed by atoms with Crippen molar-refractivity contribution in [2.45, 2.75) is 56.0 Å². The summed E-state index contributed by atoms with van der Waals surface area (Å²) in [7, 11) is -2.51. The van der Waals surface area contributed by atoms with E-state index in [4.69, 9.17) is 4.42 Å². The quantitative estimate of drug-likeness (QED) is 0.551. The fourth-order valence-electron chi connectivity index (χ4n) is 4.39. The number of oxazole rings is 1. The summed E-state index contributed by atoms with van der Waals surface area (Å²) in [6.45, 7) is 2.11. The molecule has 33 heavy (non-hydrogen) atoms. The minimum atomic E-state index is -4.06. The van der Waals surface area contributed by atoms with Gasteiger partial charge in [-0.2, -0.15) is 4.72 Å². The van der Waals surface area contributed by atoms with E-state index >= 15 is 0 Å². The van der Waals surface area contributed by atoms with Crippen LogP contribution in [0.25, 0.3) is 11.1 Å². The van der Waals surface area contributed by atoms with E-state index in [2.05, 4.69) is 17.0 Å². The number of benzene rings is 2. The highest BCUT2D eigenvalue weighted by Gasteiger charge is 2.30. The fraction of sp³-hybridized carbons (Fsp3) is 0.417. The summed E-state index contributed by atoms with van der Waals surface area (Å²) in [6.07, 6.45) is 4.35. The normalized spacial score (nSPS) is 19.9. The third-order valence-corrected chi connectivity index (χ3v) is 7.88. The molecule has 176 valence electrons. The first kappa shape index (κ1) is 23.3. The lowest BCUT2D eigenvalue weighted by Gasteiger charge is -2.31. The Kier molecular flexibility index (Phi) is 6.71. The molecule has 2 N–H and O–H groups in total. The Balaban J connectivity index is 1.60. The first-order valence-corrected chi connectivity index (χ1v) is 12.7. The number of fused-ring (bicyclic) bond motifs is 1. The molecule has 1 saturated carbocycles. The van der Waals surface area contributed by atoms with Gasteiger partial charge >= 0.3 is 5.76 Å². The molecule has 0 aliphatic heterocycles. The number of carbonyl (C=O) groups is 1. The van der Waals surface area contributed by atoms with Gasteiger partial charge in [-0.25, -0.2) is 13.2 Å². The van der Waals surface area contributed by atoms with E-state index in [1.807, 2.05) is 30.3 Å². The van der Waals surface area contributed by atoms with E-state index in [1.54, 1.807) is 7.05 Å². The van der Waals surface area contributed by atoms with Crippen molar-refractivity contribution in [2.24, 2.45) is 13.0 Å². The molecule has 8 nitrogen and oxygen atoms in total. The Morgan fingerprint density at radius 3 is 2.61 bits per heavy atom. The minimum Gasteiger partial charge on any atom is -0.408 e. The average molecular weight is 472 g/mol. The van der Waals surface area contributed by atoms with Crippen LogP contribution in [0.2, 0.25) is 0 Å². The van der Waals surface area contributed by atoms with Gasteiger partial charge in [0.15, 0.2) is 5.58 Å². The van der Waals surface area contributed by atoms with Crippen LogP contribution in [-0.4, -0.2) is 31.0 Å². The molecular formula is C24H29N3O5S. The van der Waals surface area contributed by atoms with E-state index in [0.29, 0.717) is 11.4 Å².